The quantitative estimate of drug-likeness (QED) is 0.925. The van der Waals surface area contributed by atoms with Crippen LogP contribution in [0.25, 0.3) is 0 Å². The van der Waals surface area contributed by atoms with E-state index >= 15 is 0 Å². The maximum absolute atomic E-state index is 13.8. The highest BCUT2D eigenvalue weighted by Gasteiger charge is 2.20. The zero-order valence-electron chi connectivity index (χ0n) is 10.5. The van der Waals surface area contributed by atoms with Gasteiger partial charge in [0, 0.05) is 23.1 Å². The van der Waals surface area contributed by atoms with Crippen molar-refractivity contribution < 1.29 is 4.39 Å². The molecule has 1 aliphatic heterocycles. The Morgan fingerprint density at radius 2 is 2.28 bits per heavy atom. The van der Waals surface area contributed by atoms with Crippen molar-refractivity contribution >= 4 is 15.9 Å². The summed E-state index contributed by atoms with van der Waals surface area (Å²) in [6, 6.07) is 5.16. The summed E-state index contributed by atoms with van der Waals surface area (Å²) < 4.78 is 14.6. The van der Waals surface area contributed by atoms with Gasteiger partial charge in [-0.25, -0.2) is 4.39 Å². The number of piperidine rings is 1. The van der Waals surface area contributed by atoms with Gasteiger partial charge in [0.25, 0.3) is 0 Å². The second kappa shape index (κ2) is 6.64. The first-order chi connectivity index (χ1) is 8.70. The number of nitrogens with two attached hydrogens (primary N) is 1. The first kappa shape index (κ1) is 14.0. The summed E-state index contributed by atoms with van der Waals surface area (Å²) in [6.45, 7) is 3.54. The second-order valence-corrected chi connectivity index (χ2v) is 5.88. The van der Waals surface area contributed by atoms with Crippen LogP contribution < -0.4 is 5.73 Å². The van der Waals surface area contributed by atoms with Crippen molar-refractivity contribution in [2.24, 2.45) is 11.7 Å². The molecule has 1 atom stereocenters. The predicted octanol–water partition coefficient (Wildman–Crippen LogP) is 3.15. The summed E-state index contributed by atoms with van der Waals surface area (Å²) in [5, 5.41) is 0. The molecule has 1 heterocycles. The Hall–Kier alpha value is -0.450. The monoisotopic (exact) mass is 314 g/mol. The van der Waals surface area contributed by atoms with E-state index in [0.29, 0.717) is 12.5 Å². The smallest absolute Gasteiger partial charge is 0.128 e. The molecule has 2 N–H and O–H groups in total. The molecule has 1 aliphatic rings. The lowest BCUT2D eigenvalue weighted by atomic mass is 9.94. The zero-order valence-corrected chi connectivity index (χ0v) is 12.1. The number of benzene rings is 1. The minimum Gasteiger partial charge on any atom is -0.330 e. The van der Waals surface area contributed by atoms with Crippen LogP contribution >= 0.6 is 15.9 Å². The van der Waals surface area contributed by atoms with Gasteiger partial charge in [0.15, 0.2) is 0 Å². The summed E-state index contributed by atoms with van der Waals surface area (Å²) in [4.78, 5) is 2.34. The van der Waals surface area contributed by atoms with E-state index in [-0.39, 0.29) is 5.82 Å². The van der Waals surface area contributed by atoms with Crippen molar-refractivity contribution in [3.8, 4) is 0 Å². The van der Waals surface area contributed by atoms with E-state index in [9.17, 15) is 4.39 Å². The Kier molecular flexibility index (Phi) is 5.15. The van der Waals surface area contributed by atoms with E-state index in [1.807, 2.05) is 6.07 Å². The highest BCUT2D eigenvalue weighted by molar-refractivity contribution is 9.10. The van der Waals surface area contributed by atoms with Crippen LogP contribution in [0.3, 0.4) is 0 Å². The van der Waals surface area contributed by atoms with Gasteiger partial charge in [0.1, 0.15) is 5.82 Å². The molecule has 0 spiro atoms. The van der Waals surface area contributed by atoms with Gasteiger partial charge in [0.2, 0.25) is 0 Å². The second-order valence-electron chi connectivity index (χ2n) is 5.02. The largest absolute Gasteiger partial charge is 0.330 e. The normalized spacial score (nSPS) is 21.2. The fraction of sp³-hybridized carbons (Fsp3) is 0.571. The molecular formula is C14H20BrFN2. The Morgan fingerprint density at radius 3 is 3.00 bits per heavy atom. The lowest BCUT2D eigenvalue weighted by Crippen LogP contribution is -2.36. The minimum absolute atomic E-state index is 0.120. The van der Waals surface area contributed by atoms with Crippen LogP contribution in [0.2, 0.25) is 0 Å². The van der Waals surface area contributed by atoms with Crippen molar-refractivity contribution in [3.63, 3.8) is 0 Å². The standard InChI is InChI=1S/C14H20BrFN2/c15-13-4-1-5-14(16)12(13)10-18-8-2-3-11(9-18)6-7-17/h1,4-5,11H,2-3,6-10,17H2. The lowest BCUT2D eigenvalue weighted by Gasteiger charge is -2.32. The van der Waals surface area contributed by atoms with Gasteiger partial charge >= 0.3 is 0 Å². The minimum atomic E-state index is -0.120. The maximum Gasteiger partial charge on any atom is 0.128 e. The zero-order chi connectivity index (χ0) is 13.0. The third-order valence-corrected chi connectivity index (χ3v) is 4.36. The number of likely N-dealkylation sites (tertiary alicyclic amines) is 1. The topological polar surface area (TPSA) is 29.3 Å². The molecule has 2 nitrogen and oxygen atoms in total. The number of rotatable bonds is 4. The number of halogens is 2. The predicted molar refractivity (Wildman–Crippen MR) is 75.8 cm³/mol. The fourth-order valence-corrected chi connectivity index (χ4v) is 3.14. The van der Waals surface area contributed by atoms with E-state index in [2.05, 4.69) is 20.8 Å². The molecule has 0 saturated carbocycles. The molecule has 0 radical (unpaired) electrons. The van der Waals surface area contributed by atoms with Crippen molar-refractivity contribution in [2.45, 2.75) is 25.8 Å². The molecule has 2 rings (SSSR count). The number of hydrogen-bond donors (Lipinski definition) is 1. The maximum atomic E-state index is 13.8. The van der Waals surface area contributed by atoms with Crippen LogP contribution in [0.15, 0.2) is 22.7 Å². The summed E-state index contributed by atoms with van der Waals surface area (Å²) in [5.74, 6) is 0.555. The first-order valence-electron chi connectivity index (χ1n) is 6.56. The molecule has 1 saturated heterocycles. The van der Waals surface area contributed by atoms with Crippen LogP contribution in [-0.4, -0.2) is 24.5 Å². The van der Waals surface area contributed by atoms with E-state index < -0.39 is 0 Å². The summed E-state index contributed by atoms with van der Waals surface area (Å²) in [5.41, 5.74) is 6.39. The molecule has 18 heavy (non-hydrogen) atoms. The molecule has 1 aromatic carbocycles. The van der Waals surface area contributed by atoms with E-state index in [4.69, 9.17) is 5.73 Å². The lowest BCUT2D eigenvalue weighted by molar-refractivity contribution is 0.161. The van der Waals surface area contributed by atoms with Crippen molar-refractivity contribution in [1.82, 2.24) is 4.90 Å². The first-order valence-corrected chi connectivity index (χ1v) is 7.35. The van der Waals surface area contributed by atoms with Gasteiger partial charge in [-0.2, -0.15) is 0 Å². The van der Waals surface area contributed by atoms with Gasteiger partial charge < -0.3 is 5.73 Å². The molecule has 1 fully saturated rings. The van der Waals surface area contributed by atoms with Gasteiger partial charge in [-0.05, 0) is 50.4 Å². The molecule has 0 aromatic heterocycles. The molecule has 0 bridgehead atoms. The molecule has 4 heteroatoms. The van der Waals surface area contributed by atoms with Gasteiger partial charge in [-0.3, -0.25) is 4.90 Å². The SMILES string of the molecule is NCCC1CCCN(Cc2c(F)cccc2Br)C1. The van der Waals surface area contributed by atoms with E-state index in [0.717, 1.165) is 36.1 Å². The van der Waals surface area contributed by atoms with Crippen LogP contribution in [0.1, 0.15) is 24.8 Å². The molecule has 100 valence electrons. The van der Waals surface area contributed by atoms with Crippen molar-refractivity contribution in [3.05, 3.63) is 34.1 Å². The highest BCUT2D eigenvalue weighted by atomic mass is 79.9. The molecule has 1 unspecified atom stereocenters. The molecule has 0 aliphatic carbocycles. The van der Waals surface area contributed by atoms with Crippen LogP contribution in [0, 0.1) is 11.7 Å². The summed E-state index contributed by atoms with van der Waals surface area (Å²) >= 11 is 3.43. The molecule has 0 amide bonds. The Labute approximate surface area is 116 Å². The van der Waals surface area contributed by atoms with Gasteiger partial charge in [-0.1, -0.05) is 22.0 Å². The molecule has 1 aromatic rings. The van der Waals surface area contributed by atoms with E-state index in [1.165, 1.54) is 18.9 Å². The molecular weight excluding hydrogens is 295 g/mol. The Bertz CT molecular complexity index is 375. The van der Waals surface area contributed by atoms with E-state index in [1.54, 1.807) is 6.07 Å². The average Bonchev–Trinajstić information content (AvgIpc) is 2.35. The van der Waals surface area contributed by atoms with Gasteiger partial charge in [-0.15, -0.1) is 0 Å². The average molecular weight is 315 g/mol. The summed E-state index contributed by atoms with van der Waals surface area (Å²) in [7, 11) is 0. The van der Waals surface area contributed by atoms with Crippen molar-refractivity contribution in [2.75, 3.05) is 19.6 Å². The highest BCUT2D eigenvalue weighted by Crippen LogP contribution is 2.25. The fourth-order valence-electron chi connectivity index (χ4n) is 2.67. The summed E-state index contributed by atoms with van der Waals surface area (Å²) in [6.07, 6.45) is 3.53. The number of hydrogen-bond acceptors (Lipinski definition) is 2. The third kappa shape index (κ3) is 3.53. The van der Waals surface area contributed by atoms with Gasteiger partial charge in [0.05, 0.1) is 0 Å². The number of nitrogens with zero attached hydrogens (tertiary/aromatic N) is 1. The van der Waals surface area contributed by atoms with Crippen LogP contribution in [0.5, 0.6) is 0 Å². The Morgan fingerprint density at radius 1 is 1.44 bits per heavy atom. The van der Waals surface area contributed by atoms with Crippen LogP contribution in [0.4, 0.5) is 4.39 Å². The Balaban J connectivity index is 2.00. The van der Waals surface area contributed by atoms with Crippen LogP contribution in [-0.2, 0) is 6.54 Å². The van der Waals surface area contributed by atoms with Crippen molar-refractivity contribution in [1.29, 1.82) is 0 Å². The third-order valence-electron chi connectivity index (χ3n) is 3.62.